The number of aliphatic hydroxyl groups excluding tert-OH is 1. The first-order valence-corrected chi connectivity index (χ1v) is 12.5. The van der Waals surface area contributed by atoms with Crippen molar-refractivity contribution in [3.05, 3.63) is 94.4 Å². The summed E-state index contributed by atoms with van der Waals surface area (Å²) in [7, 11) is 0. The van der Waals surface area contributed by atoms with E-state index in [1.54, 1.807) is 41.8 Å². The predicted molar refractivity (Wildman–Crippen MR) is 142 cm³/mol. The molecule has 1 aliphatic rings. The van der Waals surface area contributed by atoms with Gasteiger partial charge in [0.05, 0.1) is 27.5 Å². The molecule has 1 aliphatic heterocycles. The van der Waals surface area contributed by atoms with Gasteiger partial charge in [0, 0.05) is 6.20 Å². The minimum atomic E-state index is -0.997. The van der Waals surface area contributed by atoms with Crippen LogP contribution in [0.4, 0.5) is 5.13 Å². The van der Waals surface area contributed by atoms with Crippen LogP contribution >= 0.6 is 11.3 Å². The molecule has 3 aromatic heterocycles. The highest BCUT2D eigenvalue weighted by atomic mass is 32.1. The number of phenols is 1. The summed E-state index contributed by atoms with van der Waals surface area (Å²) in [4.78, 5) is 37.6. The fourth-order valence-corrected chi connectivity index (χ4v) is 6.20. The van der Waals surface area contributed by atoms with E-state index in [9.17, 15) is 19.8 Å². The number of Topliss-reactive ketones (excluding diaryl/α,β-unsaturated/α-hetero) is 1. The molecule has 5 aromatic rings. The van der Waals surface area contributed by atoms with Gasteiger partial charge in [-0.05, 0) is 67.8 Å². The monoisotopic (exact) mass is 510 g/mol. The first-order chi connectivity index (χ1) is 17.7. The number of rotatable bonds is 3. The number of imidazole rings is 1. The number of carbonyl (C=O) groups excluding carboxylic acids is 2. The van der Waals surface area contributed by atoms with Gasteiger partial charge in [-0.15, -0.1) is 0 Å². The summed E-state index contributed by atoms with van der Waals surface area (Å²) < 4.78 is 2.57. The summed E-state index contributed by atoms with van der Waals surface area (Å²) in [6, 6.07) is 14.8. The Kier molecular flexibility index (Phi) is 5.13. The molecule has 0 spiro atoms. The van der Waals surface area contributed by atoms with Gasteiger partial charge in [-0.1, -0.05) is 35.6 Å². The number of thiazole rings is 1. The summed E-state index contributed by atoms with van der Waals surface area (Å²) in [5, 5.41) is 22.2. The minimum absolute atomic E-state index is 0.0233. The van der Waals surface area contributed by atoms with Crippen molar-refractivity contribution in [2.24, 2.45) is 0 Å². The van der Waals surface area contributed by atoms with E-state index >= 15 is 0 Å². The van der Waals surface area contributed by atoms with Gasteiger partial charge < -0.3 is 10.2 Å². The fourth-order valence-electron chi connectivity index (χ4n) is 5.03. The first-order valence-electron chi connectivity index (χ1n) is 11.7. The number of amides is 1. The molecule has 184 valence electrons. The lowest BCUT2D eigenvalue weighted by molar-refractivity contribution is -0.132. The quantitative estimate of drug-likeness (QED) is 0.196. The van der Waals surface area contributed by atoms with Gasteiger partial charge >= 0.3 is 5.91 Å². The lowest BCUT2D eigenvalue weighted by atomic mass is 9.96. The molecule has 1 atom stereocenters. The van der Waals surface area contributed by atoms with Crippen molar-refractivity contribution in [3.63, 3.8) is 0 Å². The molecule has 9 heteroatoms. The third kappa shape index (κ3) is 3.50. The fraction of sp³-hybridized carbons (Fsp3) is 0.143. The zero-order chi connectivity index (χ0) is 26.0. The van der Waals surface area contributed by atoms with Crippen molar-refractivity contribution in [2.75, 3.05) is 4.90 Å². The Balaban J connectivity index is 1.63. The van der Waals surface area contributed by atoms with E-state index in [1.165, 1.54) is 28.4 Å². The molecule has 2 aromatic carbocycles. The van der Waals surface area contributed by atoms with E-state index in [4.69, 9.17) is 4.98 Å². The number of aromatic nitrogens is 3. The van der Waals surface area contributed by atoms with E-state index in [2.05, 4.69) is 4.98 Å². The molecule has 0 aliphatic carbocycles. The van der Waals surface area contributed by atoms with Gasteiger partial charge in [-0.2, -0.15) is 0 Å². The van der Waals surface area contributed by atoms with E-state index in [0.29, 0.717) is 27.7 Å². The Bertz CT molecular complexity index is 1800. The van der Waals surface area contributed by atoms with E-state index in [1.807, 2.05) is 32.0 Å². The summed E-state index contributed by atoms with van der Waals surface area (Å²) >= 11 is 1.31. The molecule has 1 fully saturated rings. The number of fused-ring (bicyclic) bond motifs is 2. The second-order valence-electron chi connectivity index (χ2n) is 9.16. The van der Waals surface area contributed by atoms with E-state index < -0.39 is 17.7 Å². The van der Waals surface area contributed by atoms with Crippen LogP contribution in [0, 0.1) is 20.8 Å². The molecule has 2 N–H and O–H groups in total. The second-order valence-corrected chi connectivity index (χ2v) is 10.2. The van der Waals surface area contributed by atoms with Crippen LogP contribution in [-0.4, -0.2) is 36.3 Å². The SMILES string of the molecule is Cc1cc(C)c2nc(N3C(=O)C(=O)C(=C(O)c4c(C)nc5ccccn45)C3c3cccc(O)c3)sc2c1. The minimum Gasteiger partial charge on any atom is -0.508 e. The molecule has 1 amide bonds. The number of anilines is 1. The molecule has 0 radical (unpaired) electrons. The average Bonchev–Trinajstić information content (AvgIpc) is 3.50. The number of nitrogens with zero attached hydrogens (tertiary/aromatic N) is 4. The molecule has 8 nitrogen and oxygen atoms in total. The van der Waals surface area contributed by atoms with Crippen LogP contribution in [0.15, 0.2) is 66.4 Å². The van der Waals surface area contributed by atoms with Crippen molar-refractivity contribution in [3.8, 4) is 5.75 Å². The maximum absolute atomic E-state index is 13.6. The number of hydrogen-bond acceptors (Lipinski definition) is 7. The molecule has 6 rings (SSSR count). The second kappa shape index (κ2) is 8.28. The normalized spacial score (nSPS) is 17.4. The Labute approximate surface area is 215 Å². The number of benzene rings is 2. The summed E-state index contributed by atoms with van der Waals surface area (Å²) in [6.07, 6.45) is 1.74. The van der Waals surface area contributed by atoms with Crippen LogP contribution in [-0.2, 0) is 9.59 Å². The van der Waals surface area contributed by atoms with Gasteiger partial charge in [0.1, 0.15) is 17.1 Å². The first kappa shape index (κ1) is 22.9. The molecule has 4 heterocycles. The third-order valence-corrected chi connectivity index (χ3v) is 7.59. The maximum atomic E-state index is 13.6. The van der Waals surface area contributed by atoms with Gasteiger partial charge in [-0.25, -0.2) is 9.97 Å². The van der Waals surface area contributed by atoms with Crippen LogP contribution in [0.5, 0.6) is 5.75 Å². The standard InChI is InChI=1S/C28H22N4O4S/c1-14-11-15(2)22-19(12-14)37-28(30-22)32-24(17-7-6-8-18(33)13-17)21(26(35)27(32)36)25(34)23-16(3)29-20-9-4-5-10-31(20)23/h4-13,24,33-34H,1-3H3. The van der Waals surface area contributed by atoms with Crippen molar-refractivity contribution in [1.82, 2.24) is 14.4 Å². The zero-order valence-electron chi connectivity index (χ0n) is 20.3. The van der Waals surface area contributed by atoms with Crippen LogP contribution in [0.2, 0.25) is 0 Å². The Morgan fingerprint density at radius 2 is 1.81 bits per heavy atom. The Morgan fingerprint density at radius 3 is 2.59 bits per heavy atom. The van der Waals surface area contributed by atoms with Crippen molar-refractivity contribution in [2.45, 2.75) is 26.8 Å². The van der Waals surface area contributed by atoms with Gasteiger partial charge in [0.25, 0.3) is 5.78 Å². The summed E-state index contributed by atoms with van der Waals surface area (Å²) in [5.74, 6) is -1.98. The molecule has 37 heavy (non-hydrogen) atoms. The molecule has 0 bridgehead atoms. The topological polar surface area (TPSA) is 108 Å². The highest BCUT2D eigenvalue weighted by molar-refractivity contribution is 7.22. The smallest absolute Gasteiger partial charge is 0.301 e. The van der Waals surface area contributed by atoms with Gasteiger partial charge in [-0.3, -0.25) is 18.9 Å². The molecule has 1 saturated heterocycles. The van der Waals surface area contributed by atoms with E-state index in [0.717, 1.165) is 21.3 Å². The van der Waals surface area contributed by atoms with Crippen LogP contribution in [0.25, 0.3) is 21.6 Å². The number of aromatic hydroxyl groups is 1. The highest BCUT2D eigenvalue weighted by Gasteiger charge is 2.48. The van der Waals surface area contributed by atoms with Crippen molar-refractivity contribution in [1.29, 1.82) is 0 Å². The Morgan fingerprint density at radius 1 is 1.00 bits per heavy atom. The number of hydrogen-bond donors (Lipinski definition) is 2. The van der Waals surface area contributed by atoms with Crippen LogP contribution in [0.3, 0.4) is 0 Å². The average molecular weight is 511 g/mol. The highest BCUT2D eigenvalue weighted by Crippen LogP contribution is 2.45. The molecular formula is C28H22N4O4S. The predicted octanol–water partition coefficient (Wildman–Crippen LogP) is 5.20. The maximum Gasteiger partial charge on any atom is 0.301 e. The summed E-state index contributed by atoms with van der Waals surface area (Å²) in [5.41, 5.74) is 4.60. The largest absolute Gasteiger partial charge is 0.508 e. The van der Waals surface area contributed by atoms with Crippen molar-refractivity contribution >= 4 is 49.8 Å². The lowest BCUT2D eigenvalue weighted by Crippen LogP contribution is -2.29. The Hall–Kier alpha value is -4.50. The zero-order valence-corrected chi connectivity index (χ0v) is 21.1. The third-order valence-electron chi connectivity index (χ3n) is 6.58. The molecule has 0 saturated carbocycles. The van der Waals surface area contributed by atoms with Crippen LogP contribution in [0.1, 0.15) is 34.1 Å². The molecular weight excluding hydrogens is 488 g/mol. The number of ketones is 1. The molecule has 1 unspecified atom stereocenters. The van der Waals surface area contributed by atoms with Gasteiger partial charge in [0.2, 0.25) is 0 Å². The summed E-state index contributed by atoms with van der Waals surface area (Å²) in [6.45, 7) is 5.68. The van der Waals surface area contributed by atoms with Crippen LogP contribution < -0.4 is 4.90 Å². The van der Waals surface area contributed by atoms with E-state index in [-0.39, 0.29) is 17.1 Å². The number of pyridine rings is 1. The number of carbonyl (C=O) groups is 2. The van der Waals surface area contributed by atoms with Crippen molar-refractivity contribution < 1.29 is 19.8 Å². The number of aliphatic hydroxyl groups is 1. The lowest BCUT2D eigenvalue weighted by Gasteiger charge is -2.23. The number of aryl methyl sites for hydroxylation is 3. The van der Waals surface area contributed by atoms with Gasteiger partial charge in [0.15, 0.2) is 10.9 Å². The number of phenolic OH excluding ortho intramolecular Hbond substituents is 1.